The molecule has 0 unspecified atom stereocenters. The fraction of sp³-hybridized carbons (Fsp3) is 0.731. The van der Waals surface area contributed by atoms with Gasteiger partial charge in [0.1, 0.15) is 6.10 Å². The summed E-state index contributed by atoms with van der Waals surface area (Å²) in [5.41, 5.74) is 3.62. The Balaban J connectivity index is 1.55. The Bertz CT molecular complexity index is 1180. The summed E-state index contributed by atoms with van der Waals surface area (Å²) in [6.07, 6.45) is 3.27. The van der Waals surface area contributed by atoms with Gasteiger partial charge in [-0.2, -0.15) is 9.97 Å². The van der Waals surface area contributed by atoms with Crippen molar-refractivity contribution in [3.63, 3.8) is 0 Å². The van der Waals surface area contributed by atoms with Crippen LogP contribution in [0.3, 0.4) is 0 Å². The van der Waals surface area contributed by atoms with Crippen molar-refractivity contribution in [3.05, 3.63) is 6.33 Å². The molecule has 0 amide bonds. The van der Waals surface area contributed by atoms with E-state index in [1.54, 1.807) is 27.8 Å². The highest BCUT2D eigenvalue weighted by Gasteiger charge is 2.58. The van der Waals surface area contributed by atoms with E-state index in [0.717, 1.165) is 32.1 Å². The van der Waals surface area contributed by atoms with Gasteiger partial charge in [0, 0.05) is 13.5 Å². The highest BCUT2D eigenvalue weighted by molar-refractivity contribution is 5.84. The Morgan fingerprint density at radius 1 is 1.26 bits per heavy atom. The van der Waals surface area contributed by atoms with Crippen LogP contribution in [0.2, 0.25) is 0 Å². The topological polar surface area (TPSA) is 153 Å². The number of ether oxygens (including phenoxy) is 4. The molecular weight excluding hydrogens is 511 g/mol. The van der Waals surface area contributed by atoms with Crippen molar-refractivity contribution in [2.45, 2.75) is 90.3 Å². The highest BCUT2D eigenvalue weighted by atomic mass is 19.1. The molecule has 3 heterocycles. The molecule has 2 fully saturated rings. The van der Waals surface area contributed by atoms with Gasteiger partial charge in [-0.3, -0.25) is 14.2 Å². The minimum atomic E-state index is -2.19. The first-order chi connectivity index (χ1) is 18.4. The molecule has 0 radical (unpaired) electrons. The molecule has 1 aliphatic heterocycles. The van der Waals surface area contributed by atoms with Crippen molar-refractivity contribution in [1.29, 1.82) is 0 Å². The lowest BCUT2D eigenvalue weighted by Crippen LogP contribution is -2.44. The fourth-order valence-corrected chi connectivity index (χ4v) is 5.10. The van der Waals surface area contributed by atoms with Crippen molar-refractivity contribution >= 4 is 34.9 Å². The molecule has 3 N–H and O–H groups in total. The summed E-state index contributed by atoms with van der Waals surface area (Å²) in [4.78, 5) is 37.7. The molecule has 4 atom stereocenters. The van der Waals surface area contributed by atoms with Crippen LogP contribution in [0.5, 0.6) is 0 Å². The van der Waals surface area contributed by atoms with Crippen molar-refractivity contribution in [3.8, 4) is 0 Å². The maximum absolute atomic E-state index is 16.6. The number of carbonyl (C=O) groups excluding carboxylic acids is 2. The summed E-state index contributed by atoms with van der Waals surface area (Å²) in [6, 6.07) is 0. The van der Waals surface area contributed by atoms with E-state index in [-0.39, 0.29) is 37.3 Å². The molecule has 0 spiro atoms. The third-order valence-corrected chi connectivity index (χ3v) is 7.22. The predicted octanol–water partition coefficient (Wildman–Crippen LogP) is 3.52. The summed E-state index contributed by atoms with van der Waals surface area (Å²) < 4.78 is 40.6. The lowest BCUT2D eigenvalue weighted by Gasteiger charge is -2.28. The predicted molar refractivity (Wildman–Crippen MR) is 140 cm³/mol. The summed E-state index contributed by atoms with van der Waals surface area (Å²) in [7, 11) is 1.66. The molecule has 4 rings (SSSR count). The zero-order valence-corrected chi connectivity index (χ0v) is 23.2. The van der Waals surface area contributed by atoms with Gasteiger partial charge in [-0.05, 0) is 46.5 Å². The summed E-state index contributed by atoms with van der Waals surface area (Å²) in [6.45, 7) is 5.95. The van der Waals surface area contributed by atoms with Gasteiger partial charge in [-0.25, -0.2) is 9.37 Å². The van der Waals surface area contributed by atoms with Crippen LogP contribution in [0.4, 0.5) is 16.2 Å². The smallest absolute Gasteiger partial charge is 0.313 e. The maximum atomic E-state index is 16.6. The van der Waals surface area contributed by atoms with Gasteiger partial charge in [0.25, 0.3) is 0 Å². The zero-order chi connectivity index (χ0) is 28.4. The second-order valence-electron chi connectivity index (χ2n) is 11.5. The van der Waals surface area contributed by atoms with Gasteiger partial charge >= 0.3 is 11.9 Å². The molecule has 2 aliphatic rings. The van der Waals surface area contributed by atoms with Crippen LogP contribution in [0.25, 0.3) is 11.2 Å². The second-order valence-corrected chi connectivity index (χ2v) is 11.5. The molecule has 2 aromatic heterocycles. The molecule has 1 saturated heterocycles. The number of nitrogens with two attached hydrogens (primary N) is 1. The number of carbonyl (C=O) groups is 2. The number of imidazole rings is 1. The maximum Gasteiger partial charge on any atom is 0.313 e. The average Bonchev–Trinajstić information content (AvgIpc) is 3.39. The molecule has 12 nitrogen and oxygen atoms in total. The van der Waals surface area contributed by atoms with Gasteiger partial charge in [0.15, 0.2) is 41.8 Å². The molecular formula is C26H39FN6O6. The number of nitrogens with one attached hydrogen (secondary N) is 1. The van der Waals surface area contributed by atoms with Gasteiger partial charge < -0.3 is 30.0 Å². The quantitative estimate of drug-likeness (QED) is 0.268. The number of alkyl halides is 1. The van der Waals surface area contributed by atoms with Crippen LogP contribution < -0.4 is 11.1 Å². The number of rotatable bonds is 9. The number of aromatic nitrogens is 4. The number of esters is 2. The number of fused-ring (bicyclic) bond motifs is 1. The molecule has 39 heavy (non-hydrogen) atoms. The third-order valence-electron chi connectivity index (χ3n) is 7.22. The number of anilines is 2. The summed E-state index contributed by atoms with van der Waals surface area (Å²) in [5, 5.41) is 2.90. The number of hydrogen-bond donors (Lipinski definition) is 2. The SMILES string of the molecule is CNc1nc(N)nc2c1ncn2[C@@H]1O[C@H](COCOC(=O)C(C)(C)C)[C@@H](OC(=O)CC2CCCCC2)[C@@]1(C)F. The Morgan fingerprint density at radius 2 is 1.97 bits per heavy atom. The van der Waals surface area contributed by atoms with Crippen LogP contribution >= 0.6 is 0 Å². The standard InChI is InChI=1S/C26H39FN6O6/c1-25(2,3)23(35)37-14-36-12-16-19(39-17(34)11-15-9-7-6-8-10-15)26(4,27)22(38-16)33-13-30-18-20(29-5)31-24(28)32-21(18)33/h13,15-16,19,22H,6-12,14H2,1-5H3,(H3,28,29,31,32)/t16-,19-,22-,26-/m1/s1. The van der Waals surface area contributed by atoms with Crippen molar-refractivity contribution in [1.82, 2.24) is 19.5 Å². The normalized spacial score (nSPS) is 26.1. The van der Waals surface area contributed by atoms with Gasteiger partial charge in [0.05, 0.1) is 18.3 Å². The van der Waals surface area contributed by atoms with Crippen LogP contribution in [0.1, 0.15) is 72.4 Å². The van der Waals surface area contributed by atoms with Gasteiger partial charge in [-0.1, -0.05) is 19.3 Å². The molecule has 2 aromatic rings. The van der Waals surface area contributed by atoms with Crippen LogP contribution in [-0.4, -0.2) is 69.8 Å². The lowest BCUT2D eigenvalue weighted by molar-refractivity contribution is -0.172. The van der Waals surface area contributed by atoms with E-state index in [0.29, 0.717) is 11.3 Å². The number of hydrogen-bond acceptors (Lipinski definition) is 11. The molecule has 1 saturated carbocycles. The van der Waals surface area contributed by atoms with Gasteiger partial charge in [-0.15, -0.1) is 0 Å². The summed E-state index contributed by atoms with van der Waals surface area (Å²) >= 11 is 0. The van der Waals surface area contributed by atoms with E-state index in [4.69, 9.17) is 24.7 Å². The van der Waals surface area contributed by atoms with Crippen LogP contribution in [0.15, 0.2) is 6.33 Å². The average molecular weight is 551 g/mol. The van der Waals surface area contributed by atoms with Crippen molar-refractivity contribution in [2.75, 3.05) is 31.5 Å². The molecule has 0 aromatic carbocycles. The lowest BCUT2D eigenvalue weighted by atomic mass is 9.87. The Labute approximate surface area is 227 Å². The first-order valence-corrected chi connectivity index (χ1v) is 13.4. The zero-order valence-electron chi connectivity index (χ0n) is 23.2. The molecule has 216 valence electrons. The van der Waals surface area contributed by atoms with E-state index in [1.165, 1.54) is 17.8 Å². The van der Waals surface area contributed by atoms with E-state index in [2.05, 4.69) is 20.3 Å². The van der Waals surface area contributed by atoms with Crippen LogP contribution in [-0.2, 0) is 28.5 Å². The number of halogens is 1. The second kappa shape index (κ2) is 11.6. The highest BCUT2D eigenvalue weighted by Crippen LogP contribution is 2.44. The van der Waals surface area contributed by atoms with Crippen LogP contribution in [0, 0.1) is 11.3 Å². The molecule has 0 bridgehead atoms. The summed E-state index contributed by atoms with van der Waals surface area (Å²) in [5.74, 6) is -0.349. The van der Waals surface area contributed by atoms with E-state index in [1.807, 2.05) is 0 Å². The Morgan fingerprint density at radius 3 is 2.64 bits per heavy atom. The van der Waals surface area contributed by atoms with Crippen molar-refractivity contribution in [2.24, 2.45) is 11.3 Å². The minimum absolute atomic E-state index is 0.0248. The van der Waals surface area contributed by atoms with Crippen molar-refractivity contribution < 1.29 is 32.9 Å². The van der Waals surface area contributed by atoms with E-state index >= 15 is 4.39 Å². The fourth-order valence-electron chi connectivity index (χ4n) is 5.10. The van der Waals surface area contributed by atoms with E-state index < -0.39 is 41.5 Å². The largest absolute Gasteiger partial charge is 0.456 e. The van der Waals surface area contributed by atoms with Gasteiger partial charge in [0.2, 0.25) is 5.95 Å². The molecule has 1 aliphatic carbocycles. The molecule has 13 heteroatoms. The first kappa shape index (κ1) is 28.9. The Hall–Kier alpha value is -3.06. The Kier molecular flexibility index (Phi) is 8.60. The first-order valence-electron chi connectivity index (χ1n) is 13.4. The minimum Gasteiger partial charge on any atom is -0.456 e. The number of nitrogen functional groups attached to an aromatic ring is 1. The number of nitrogens with zero attached hydrogens (tertiary/aromatic N) is 4. The third kappa shape index (κ3) is 6.40. The van der Waals surface area contributed by atoms with E-state index in [9.17, 15) is 9.59 Å². The monoisotopic (exact) mass is 550 g/mol.